The molecule has 0 spiro atoms. The van der Waals surface area contributed by atoms with Crippen molar-refractivity contribution in [2.24, 2.45) is 12.8 Å². The Balaban J connectivity index is 2.24. The van der Waals surface area contributed by atoms with Gasteiger partial charge in [-0.2, -0.15) is 5.10 Å². The van der Waals surface area contributed by atoms with E-state index in [1.807, 2.05) is 25.6 Å². The second-order valence-corrected chi connectivity index (χ2v) is 5.58. The molecule has 5 nitrogen and oxygen atoms in total. The topological polar surface area (TPSA) is 69.6 Å². The minimum absolute atomic E-state index is 0.0823. The Morgan fingerprint density at radius 3 is 2.59 bits per heavy atom. The Bertz CT molecular complexity index is 533. The molecule has 1 atom stereocenters. The molecule has 1 unspecified atom stereocenters. The second-order valence-electron chi connectivity index (χ2n) is 4.00. The summed E-state index contributed by atoms with van der Waals surface area (Å²) in [5, 5.41) is 8.34. The van der Waals surface area contributed by atoms with Gasteiger partial charge in [0.25, 0.3) is 0 Å². The zero-order valence-corrected chi connectivity index (χ0v) is 12.3. The number of aromatic nitrogens is 4. The van der Waals surface area contributed by atoms with Crippen LogP contribution in [-0.4, -0.2) is 19.4 Å². The number of rotatable bonds is 3. The number of aryl methyl sites for hydroxylation is 3. The van der Waals surface area contributed by atoms with Crippen LogP contribution in [-0.2, 0) is 13.5 Å². The van der Waals surface area contributed by atoms with Gasteiger partial charge in [-0.05, 0) is 41.3 Å². The standard InChI is InChI=1S/C10H14BrN5S/c1-5-9(11)8(16(3)14-5)4-7(12)10-6(2)13-15-17-10/h7H,4,12H2,1-3H3. The lowest BCUT2D eigenvalue weighted by Crippen LogP contribution is -2.15. The van der Waals surface area contributed by atoms with Crippen molar-refractivity contribution in [2.45, 2.75) is 26.3 Å². The van der Waals surface area contributed by atoms with Crippen molar-refractivity contribution in [3.63, 3.8) is 0 Å². The summed E-state index contributed by atoms with van der Waals surface area (Å²) in [6, 6.07) is -0.0823. The normalized spacial score (nSPS) is 13.0. The highest BCUT2D eigenvalue weighted by molar-refractivity contribution is 9.10. The summed E-state index contributed by atoms with van der Waals surface area (Å²) in [6.45, 7) is 3.90. The van der Waals surface area contributed by atoms with E-state index >= 15 is 0 Å². The van der Waals surface area contributed by atoms with Crippen LogP contribution in [0.1, 0.15) is 28.0 Å². The zero-order chi connectivity index (χ0) is 12.6. The molecule has 7 heteroatoms. The molecule has 0 saturated heterocycles. The molecular weight excluding hydrogens is 302 g/mol. The van der Waals surface area contributed by atoms with E-state index < -0.39 is 0 Å². The van der Waals surface area contributed by atoms with E-state index in [0.717, 1.165) is 32.9 Å². The molecule has 92 valence electrons. The lowest BCUT2D eigenvalue weighted by molar-refractivity contribution is 0.641. The molecule has 0 radical (unpaired) electrons. The monoisotopic (exact) mass is 315 g/mol. The fourth-order valence-electron chi connectivity index (χ4n) is 1.78. The van der Waals surface area contributed by atoms with E-state index in [9.17, 15) is 0 Å². The van der Waals surface area contributed by atoms with Gasteiger partial charge in [0.15, 0.2) is 0 Å². The van der Waals surface area contributed by atoms with Crippen LogP contribution >= 0.6 is 27.5 Å². The van der Waals surface area contributed by atoms with E-state index in [1.165, 1.54) is 11.5 Å². The predicted octanol–water partition coefficient (Wildman–Crippen LogP) is 1.89. The molecule has 0 aliphatic rings. The van der Waals surface area contributed by atoms with Crippen LogP contribution in [0.2, 0.25) is 0 Å². The summed E-state index contributed by atoms with van der Waals surface area (Å²) < 4.78 is 6.81. The summed E-state index contributed by atoms with van der Waals surface area (Å²) >= 11 is 4.91. The first-order valence-corrected chi connectivity index (χ1v) is 6.79. The fraction of sp³-hybridized carbons (Fsp3) is 0.500. The Morgan fingerprint density at radius 2 is 2.12 bits per heavy atom. The third-order valence-electron chi connectivity index (χ3n) is 2.70. The molecule has 2 heterocycles. The third-order valence-corrected chi connectivity index (χ3v) is 4.69. The molecule has 17 heavy (non-hydrogen) atoms. The van der Waals surface area contributed by atoms with Crippen LogP contribution < -0.4 is 5.73 Å². The van der Waals surface area contributed by atoms with Gasteiger partial charge in [-0.15, -0.1) is 5.10 Å². The Hall–Kier alpha value is -0.790. The maximum absolute atomic E-state index is 6.19. The number of hydrogen-bond donors (Lipinski definition) is 1. The van der Waals surface area contributed by atoms with Gasteiger partial charge in [0.1, 0.15) is 0 Å². The Labute approximate surface area is 112 Å². The molecule has 0 aliphatic carbocycles. The molecule has 2 N–H and O–H groups in total. The van der Waals surface area contributed by atoms with Crippen molar-refractivity contribution >= 4 is 27.5 Å². The Morgan fingerprint density at radius 1 is 1.41 bits per heavy atom. The highest BCUT2D eigenvalue weighted by Gasteiger charge is 2.18. The number of nitrogens with two attached hydrogens (primary N) is 1. The van der Waals surface area contributed by atoms with Gasteiger partial charge in [-0.1, -0.05) is 4.49 Å². The van der Waals surface area contributed by atoms with E-state index in [2.05, 4.69) is 30.6 Å². The smallest absolute Gasteiger partial charge is 0.0772 e. The first-order valence-electron chi connectivity index (χ1n) is 5.23. The van der Waals surface area contributed by atoms with E-state index in [1.54, 1.807) is 0 Å². The number of nitrogens with zero attached hydrogens (tertiary/aromatic N) is 4. The van der Waals surface area contributed by atoms with E-state index in [-0.39, 0.29) is 6.04 Å². The van der Waals surface area contributed by atoms with Crippen LogP contribution in [0.4, 0.5) is 0 Å². The summed E-state index contributed by atoms with van der Waals surface area (Å²) in [6.07, 6.45) is 0.725. The average Bonchev–Trinajstić information content (AvgIpc) is 2.78. The molecule has 2 rings (SSSR count). The quantitative estimate of drug-likeness (QED) is 0.939. The first-order chi connectivity index (χ1) is 8.00. The first kappa shape index (κ1) is 12.7. The molecule has 0 amide bonds. The van der Waals surface area contributed by atoms with Gasteiger partial charge in [0.05, 0.1) is 26.4 Å². The molecule has 0 aliphatic heterocycles. The number of halogens is 1. The van der Waals surface area contributed by atoms with Crippen molar-refractivity contribution in [3.8, 4) is 0 Å². The van der Waals surface area contributed by atoms with Crippen LogP contribution in [0.15, 0.2) is 4.47 Å². The number of hydrogen-bond acceptors (Lipinski definition) is 5. The van der Waals surface area contributed by atoms with Crippen molar-refractivity contribution in [2.75, 3.05) is 0 Å². The molecule has 0 aromatic carbocycles. The van der Waals surface area contributed by atoms with E-state index in [4.69, 9.17) is 5.73 Å². The highest BCUT2D eigenvalue weighted by Crippen LogP contribution is 2.26. The van der Waals surface area contributed by atoms with Gasteiger partial charge in [0.2, 0.25) is 0 Å². The molecule has 2 aromatic rings. The third kappa shape index (κ3) is 2.41. The van der Waals surface area contributed by atoms with Crippen LogP contribution in [0.25, 0.3) is 0 Å². The average molecular weight is 316 g/mol. The van der Waals surface area contributed by atoms with Crippen molar-refractivity contribution in [3.05, 3.63) is 26.4 Å². The highest BCUT2D eigenvalue weighted by atomic mass is 79.9. The zero-order valence-electron chi connectivity index (χ0n) is 9.94. The van der Waals surface area contributed by atoms with Gasteiger partial charge in [-0.3, -0.25) is 4.68 Å². The van der Waals surface area contributed by atoms with Crippen LogP contribution in [0.3, 0.4) is 0 Å². The molecule has 2 aromatic heterocycles. The van der Waals surface area contributed by atoms with Gasteiger partial charge < -0.3 is 5.73 Å². The summed E-state index contributed by atoms with van der Waals surface area (Å²) in [5.41, 5.74) is 9.18. The lowest BCUT2D eigenvalue weighted by atomic mass is 10.1. The minimum atomic E-state index is -0.0823. The van der Waals surface area contributed by atoms with Crippen molar-refractivity contribution in [1.29, 1.82) is 0 Å². The minimum Gasteiger partial charge on any atom is -0.323 e. The molecule has 0 saturated carbocycles. The molecule has 0 fully saturated rings. The Kier molecular flexibility index (Phi) is 3.60. The SMILES string of the molecule is Cc1nnsc1C(N)Cc1c(Br)c(C)nn1C. The lowest BCUT2D eigenvalue weighted by Gasteiger charge is -2.10. The van der Waals surface area contributed by atoms with Crippen molar-refractivity contribution in [1.82, 2.24) is 19.4 Å². The van der Waals surface area contributed by atoms with Gasteiger partial charge >= 0.3 is 0 Å². The van der Waals surface area contributed by atoms with Gasteiger partial charge in [0, 0.05) is 19.5 Å². The summed E-state index contributed by atoms with van der Waals surface area (Å²) in [5.74, 6) is 0. The maximum atomic E-state index is 6.19. The molecular formula is C10H14BrN5S. The molecule has 0 bridgehead atoms. The van der Waals surface area contributed by atoms with E-state index in [0.29, 0.717) is 0 Å². The summed E-state index contributed by atoms with van der Waals surface area (Å²) in [7, 11) is 1.93. The van der Waals surface area contributed by atoms with Crippen LogP contribution in [0.5, 0.6) is 0 Å². The van der Waals surface area contributed by atoms with Crippen molar-refractivity contribution < 1.29 is 0 Å². The summed E-state index contributed by atoms with van der Waals surface area (Å²) in [4.78, 5) is 1.04. The second kappa shape index (κ2) is 4.83. The predicted molar refractivity (Wildman–Crippen MR) is 70.9 cm³/mol. The maximum Gasteiger partial charge on any atom is 0.0772 e. The fourth-order valence-corrected chi connectivity index (χ4v) is 2.92. The van der Waals surface area contributed by atoms with Gasteiger partial charge in [-0.25, -0.2) is 0 Å². The largest absolute Gasteiger partial charge is 0.323 e. The van der Waals surface area contributed by atoms with Crippen LogP contribution in [0, 0.1) is 13.8 Å².